The van der Waals surface area contributed by atoms with E-state index in [1.54, 1.807) is 10.4 Å². The summed E-state index contributed by atoms with van der Waals surface area (Å²) < 4.78 is 46.5. The first-order chi connectivity index (χ1) is 12.9. The predicted molar refractivity (Wildman–Crippen MR) is 95.5 cm³/mol. The van der Waals surface area contributed by atoms with E-state index in [1.165, 1.54) is 24.3 Å². The molecule has 27 heavy (non-hydrogen) atoms. The number of halogens is 3. The predicted octanol–water partition coefficient (Wildman–Crippen LogP) is 2.89. The number of aliphatic hydroxyl groups excluding tert-OH is 1. The Kier molecular flexibility index (Phi) is 5.77. The van der Waals surface area contributed by atoms with E-state index in [0.717, 1.165) is 12.1 Å². The minimum atomic E-state index is -1.54. The van der Waals surface area contributed by atoms with E-state index >= 15 is 0 Å². The molecule has 1 unspecified atom stereocenters. The molecule has 3 rings (SSSR count). The third-order valence-electron chi connectivity index (χ3n) is 4.29. The zero-order valence-corrected chi connectivity index (χ0v) is 15.6. The number of aliphatic hydroxyl groups is 1. The van der Waals surface area contributed by atoms with Crippen molar-refractivity contribution < 1.29 is 22.8 Å². The molecule has 2 aromatic carbocycles. The SMILES string of the molecule is N#Cc1ccc(OCC2(CO)CN(S(=O)c3ccc(F)c(Cl)c3)C2)cc1F. The third-order valence-corrected chi connectivity index (χ3v) is 5.97. The molecule has 0 saturated carbocycles. The van der Waals surface area contributed by atoms with Gasteiger partial charge in [0.2, 0.25) is 0 Å². The molecule has 9 heteroatoms. The molecule has 2 aromatic rings. The summed E-state index contributed by atoms with van der Waals surface area (Å²) in [6.07, 6.45) is 0. The molecule has 0 radical (unpaired) electrons. The van der Waals surface area contributed by atoms with Gasteiger partial charge in [-0.2, -0.15) is 5.26 Å². The zero-order chi connectivity index (χ0) is 19.6. The molecular weight excluding hydrogens is 398 g/mol. The third kappa shape index (κ3) is 4.12. The average molecular weight is 413 g/mol. The van der Waals surface area contributed by atoms with Gasteiger partial charge in [-0.3, -0.25) is 0 Å². The average Bonchev–Trinajstić information content (AvgIpc) is 2.63. The molecule has 1 N–H and O–H groups in total. The normalized spacial score (nSPS) is 17.0. The summed E-state index contributed by atoms with van der Waals surface area (Å²) in [5.41, 5.74) is -0.730. The van der Waals surface area contributed by atoms with E-state index in [1.807, 2.05) is 0 Å². The molecule has 5 nitrogen and oxygen atoms in total. The fourth-order valence-corrected chi connectivity index (χ4v) is 4.43. The Morgan fingerprint density at radius 2 is 2.00 bits per heavy atom. The molecule has 0 amide bonds. The summed E-state index contributed by atoms with van der Waals surface area (Å²) in [6.45, 7) is 0.448. The minimum absolute atomic E-state index is 0.0811. The number of nitriles is 1. The van der Waals surface area contributed by atoms with Crippen molar-refractivity contribution in [2.24, 2.45) is 5.41 Å². The summed E-state index contributed by atoms with van der Waals surface area (Å²) in [4.78, 5) is 0.364. The molecule has 0 bridgehead atoms. The number of benzene rings is 2. The first kappa shape index (κ1) is 19.7. The van der Waals surface area contributed by atoms with E-state index in [9.17, 15) is 18.1 Å². The molecule has 1 atom stereocenters. The van der Waals surface area contributed by atoms with Crippen molar-refractivity contribution in [2.45, 2.75) is 4.90 Å². The van der Waals surface area contributed by atoms with Gasteiger partial charge in [0.1, 0.15) is 34.4 Å². The Morgan fingerprint density at radius 3 is 2.59 bits per heavy atom. The van der Waals surface area contributed by atoms with Gasteiger partial charge in [0.25, 0.3) is 0 Å². The topological polar surface area (TPSA) is 73.6 Å². The van der Waals surface area contributed by atoms with Crippen LogP contribution < -0.4 is 4.74 Å². The van der Waals surface area contributed by atoms with E-state index in [4.69, 9.17) is 21.6 Å². The van der Waals surface area contributed by atoms with Crippen LogP contribution in [-0.2, 0) is 11.0 Å². The quantitative estimate of drug-likeness (QED) is 0.791. The smallest absolute Gasteiger partial charge is 0.144 e. The van der Waals surface area contributed by atoms with Crippen molar-refractivity contribution in [3.05, 3.63) is 58.6 Å². The van der Waals surface area contributed by atoms with Crippen LogP contribution in [0, 0.1) is 28.4 Å². The summed E-state index contributed by atoms with van der Waals surface area (Å²) in [5.74, 6) is -1.03. The zero-order valence-electron chi connectivity index (χ0n) is 14.0. The lowest BCUT2D eigenvalue weighted by atomic mass is 9.83. The first-order valence-corrected chi connectivity index (χ1v) is 9.41. The van der Waals surface area contributed by atoms with E-state index in [2.05, 4.69) is 0 Å². The van der Waals surface area contributed by atoms with Gasteiger partial charge in [-0.1, -0.05) is 11.6 Å². The second-order valence-corrected chi connectivity index (χ2v) is 8.22. The second-order valence-electron chi connectivity index (χ2n) is 6.32. The van der Waals surface area contributed by atoms with Crippen molar-refractivity contribution in [2.75, 3.05) is 26.3 Å². The van der Waals surface area contributed by atoms with Crippen LogP contribution in [0.4, 0.5) is 8.78 Å². The van der Waals surface area contributed by atoms with Crippen LogP contribution in [-0.4, -0.2) is 39.9 Å². The minimum Gasteiger partial charge on any atom is -0.493 e. The molecule has 0 aromatic heterocycles. The molecule has 142 valence electrons. The van der Waals surface area contributed by atoms with Crippen LogP contribution in [0.1, 0.15) is 5.56 Å². The Balaban J connectivity index is 1.62. The van der Waals surface area contributed by atoms with Gasteiger partial charge < -0.3 is 9.84 Å². The highest BCUT2D eigenvalue weighted by Gasteiger charge is 2.46. The van der Waals surface area contributed by atoms with Gasteiger partial charge in [0, 0.05) is 19.2 Å². The van der Waals surface area contributed by atoms with Crippen molar-refractivity contribution in [1.82, 2.24) is 4.31 Å². The van der Waals surface area contributed by atoms with Crippen molar-refractivity contribution >= 4 is 22.6 Å². The first-order valence-electron chi connectivity index (χ1n) is 7.93. The van der Waals surface area contributed by atoms with Gasteiger partial charge in [-0.15, -0.1) is 0 Å². The molecule has 1 heterocycles. The van der Waals surface area contributed by atoms with Crippen LogP contribution in [0.25, 0.3) is 0 Å². The lowest BCUT2D eigenvalue weighted by molar-refractivity contribution is -0.0250. The van der Waals surface area contributed by atoms with Gasteiger partial charge in [0.15, 0.2) is 0 Å². The molecule has 1 aliphatic heterocycles. The summed E-state index contributed by atoms with van der Waals surface area (Å²) in [6, 6.07) is 9.48. The van der Waals surface area contributed by atoms with E-state index in [0.29, 0.717) is 4.90 Å². The van der Waals surface area contributed by atoms with Crippen molar-refractivity contribution in [1.29, 1.82) is 5.26 Å². The fraction of sp³-hybridized carbons (Fsp3) is 0.278. The van der Waals surface area contributed by atoms with Crippen LogP contribution >= 0.6 is 11.6 Å². The maximum absolute atomic E-state index is 13.6. The molecule has 0 spiro atoms. The van der Waals surface area contributed by atoms with Gasteiger partial charge in [0.05, 0.1) is 34.1 Å². The molecule has 1 aliphatic rings. The van der Waals surface area contributed by atoms with Gasteiger partial charge >= 0.3 is 0 Å². The Hall–Kier alpha value is -2.05. The van der Waals surface area contributed by atoms with Crippen molar-refractivity contribution in [3.63, 3.8) is 0 Å². The van der Waals surface area contributed by atoms with Crippen LogP contribution in [0.2, 0.25) is 5.02 Å². The Bertz CT molecular complexity index is 929. The maximum atomic E-state index is 13.6. The summed E-state index contributed by atoms with van der Waals surface area (Å²) in [5, 5.41) is 18.3. The van der Waals surface area contributed by atoms with Gasteiger partial charge in [-0.25, -0.2) is 17.3 Å². The maximum Gasteiger partial charge on any atom is 0.144 e. The van der Waals surface area contributed by atoms with Crippen LogP contribution in [0.15, 0.2) is 41.3 Å². The Labute approximate surface area is 162 Å². The highest BCUT2D eigenvalue weighted by Crippen LogP contribution is 2.34. The standard InChI is InChI=1S/C18H15ClF2N2O3S/c19-15-6-14(3-4-16(15)20)27(25)23-8-18(9-23,10-24)11-26-13-2-1-12(7-22)17(21)5-13/h1-6,24H,8-11H2. The monoisotopic (exact) mass is 412 g/mol. The highest BCUT2D eigenvalue weighted by atomic mass is 35.5. The lowest BCUT2D eigenvalue weighted by Crippen LogP contribution is -2.61. The van der Waals surface area contributed by atoms with Crippen LogP contribution in [0.5, 0.6) is 5.75 Å². The highest BCUT2D eigenvalue weighted by molar-refractivity contribution is 7.82. The number of hydrogen-bond acceptors (Lipinski definition) is 4. The second kappa shape index (κ2) is 7.90. The fourth-order valence-electron chi connectivity index (χ4n) is 2.70. The van der Waals surface area contributed by atoms with Gasteiger partial charge in [-0.05, 0) is 30.3 Å². The Morgan fingerprint density at radius 1 is 1.26 bits per heavy atom. The molecule has 1 saturated heterocycles. The van der Waals surface area contributed by atoms with E-state index < -0.39 is 28.0 Å². The number of rotatable bonds is 6. The number of hydrogen-bond donors (Lipinski definition) is 1. The summed E-state index contributed by atoms with van der Waals surface area (Å²) in [7, 11) is -1.54. The molecule has 0 aliphatic carbocycles. The van der Waals surface area contributed by atoms with E-state index in [-0.39, 0.29) is 42.6 Å². The number of nitrogens with zero attached hydrogens (tertiary/aromatic N) is 2. The molecule has 1 fully saturated rings. The largest absolute Gasteiger partial charge is 0.493 e. The van der Waals surface area contributed by atoms with Crippen LogP contribution in [0.3, 0.4) is 0 Å². The number of ether oxygens (including phenoxy) is 1. The molecular formula is C18H15ClF2N2O3S. The summed E-state index contributed by atoms with van der Waals surface area (Å²) >= 11 is 5.72. The van der Waals surface area contributed by atoms with Crippen molar-refractivity contribution in [3.8, 4) is 11.8 Å². The lowest BCUT2D eigenvalue weighted by Gasteiger charge is -2.47.